The van der Waals surface area contributed by atoms with Gasteiger partial charge in [-0.3, -0.25) is 4.90 Å². The molecule has 0 spiro atoms. The van der Waals surface area contributed by atoms with Gasteiger partial charge in [0.25, 0.3) is 0 Å². The van der Waals surface area contributed by atoms with Gasteiger partial charge in [0.2, 0.25) is 0 Å². The molecular formula is C14H19ClN2O. The molecule has 98 valence electrons. The fourth-order valence-corrected chi connectivity index (χ4v) is 1.91. The van der Waals surface area contributed by atoms with Crippen molar-refractivity contribution < 1.29 is 4.74 Å². The van der Waals surface area contributed by atoms with E-state index in [1.807, 2.05) is 44.1 Å². The summed E-state index contributed by atoms with van der Waals surface area (Å²) in [7, 11) is 5.44. The van der Waals surface area contributed by atoms with Gasteiger partial charge in [-0.2, -0.15) is 5.26 Å². The lowest BCUT2D eigenvalue weighted by Gasteiger charge is -2.29. The summed E-state index contributed by atoms with van der Waals surface area (Å²) in [6, 6.07) is 8.09. The maximum Gasteiger partial charge on any atom is 0.137 e. The number of nitriles is 1. The van der Waals surface area contributed by atoms with Crippen LogP contribution in [0.1, 0.15) is 18.9 Å². The van der Waals surface area contributed by atoms with E-state index in [9.17, 15) is 5.26 Å². The standard InChI is InChI=1S/C14H19ClN2O/c1-14(10-16,17(2)3)8-7-11-5-6-13(18-4)12(15)9-11/h5-6,9H,7-8H2,1-4H3. The Morgan fingerprint density at radius 1 is 1.44 bits per heavy atom. The van der Waals surface area contributed by atoms with Crippen LogP contribution in [0, 0.1) is 11.3 Å². The average Bonchev–Trinajstić information content (AvgIpc) is 2.35. The van der Waals surface area contributed by atoms with Crippen LogP contribution in [0.25, 0.3) is 0 Å². The monoisotopic (exact) mass is 266 g/mol. The summed E-state index contributed by atoms with van der Waals surface area (Å²) in [6.07, 6.45) is 1.57. The van der Waals surface area contributed by atoms with Crippen LogP contribution in [0.5, 0.6) is 5.75 Å². The Balaban J connectivity index is 2.75. The first-order valence-electron chi connectivity index (χ1n) is 5.84. The largest absolute Gasteiger partial charge is 0.495 e. The number of nitrogens with zero attached hydrogens (tertiary/aromatic N) is 2. The maximum absolute atomic E-state index is 9.23. The van der Waals surface area contributed by atoms with Gasteiger partial charge in [-0.05, 0) is 51.6 Å². The summed E-state index contributed by atoms with van der Waals surface area (Å²) in [4.78, 5) is 1.94. The van der Waals surface area contributed by atoms with E-state index >= 15 is 0 Å². The van der Waals surface area contributed by atoms with Gasteiger partial charge in [-0.25, -0.2) is 0 Å². The molecule has 0 aliphatic carbocycles. The zero-order valence-electron chi connectivity index (χ0n) is 11.3. The minimum absolute atomic E-state index is 0.452. The van der Waals surface area contributed by atoms with E-state index in [4.69, 9.17) is 16.3 Å². The maximum atomic E-state index is 9.23. The Labute approximate surface area is 114 Å². The van der Waals surface area contributed by atoms with Gasteiger partial charge in [-0.1, -0.05) is 17.7 Å². The number of hydrogen-bond donors (Lipinski definition) is 0. The van der Waals surface area contributed by atoms with Gasteiger partial charge in [0.15, 0.2) is 0 Å². The van der Waals surface area contributed by atoms with Gasteiger partial charge in [0, 0.05) is 0 Å². The van der Waals surface area contributed by atoms with Crippen LogP contribution in [0.15, 0.2) is 18.2 Å². The molecule has 0 aliphatic heterocycles. The Bertz CT molecular complexity index is 454. The molecule has 0 aromatic heterocycles. The van der Waals surface area contributed by atoms with Crippen LogP contribution in [0.4, 0.5) is 0 Å². The van der Waals surface area contributed by atoms with Crippen LogP contribution in [0.3, 0.4) is 0 Å². The summed E-state index contributed by atoms with van der Waals surface area (Å²) >= 11 is 6.08. The number of halogens is 1. The summed E-state index contributed by atoms with van der Waals surface area (Å²) in [6.45, 7) is 1.94. The SMILES string of the molecule is COc1ccc(CCC(C)(C#N)N(C)C)cc1Cl. The fraction of sp³-hybridized carbons (Fsp3) is 0.500. The summed E-state index contributed by atoms with van der Waals surface area (Å²) in [5, 5.41) is 9.84. The number of hydrogen-bond acceptors (Lipinski definition) is 3. The van der Waals surface area contributed by atoms with Crippen molar-refractivity contribution in [2.45, 2.75) is 25.3 Å². The highest BCUT2D eigenvalue weighted by Gasteiger charge is 2.26. The summed E-state index contributed by atoms with van der Waals surface area (Å²) in [5.74, 6) is 0.677. The lowest BCUT2D eigenvalue weighted by Crippen LogP contribution is -2.40. The molecule has 1 aromatic carbocycles. The van der Waals surface area contributed by atoms with Crippen LogP contribution < -0.4 is 4.74 Å². The Kier molecular flexibility index (Phi) is 5.01. The van der Waals surface area contributed by atoms with Crippen molar-refractivity contribution in [1.82, 2.24) is 4.90 Å². The van der Waals surface area contributed by atoms with E-state index in [1.165, 1.54) is 0 Å². The van der Waals surface area contributed by atoms with Gasteiger partial charge >= 0.3 is 0 Å². The lowest BCUT2D eigenvalue weighted by molar-refractivity contribution is 0.224. The minimum atomic E-state index is -0.452. The van der Waals surface area contributed by atoms with Crippen LogP contribution in [0.2, 0.25) is 5.02 Å². The molecule has 0 bridgehead atoms. The van der Waals surface area contributed by atoms with E-state index in [0.29, 0.717) is 10.8 Å². The Hall–Kier alpha value is -1.24. The molecule has 1 rings (SSSR count). The molecule has 0 N–H and O–H groups in total. The van der Waals surface area contributed by atoms with Crippen LogP contribution >= 0.6 is 11.6 Å². The Morgan fingerprint density at radius 2 is 2.11 bits per heavy atom. The molecule has 18 heavy (non-hydrogen) atoms. The molecule has 0 aliphatic rings. The van der Waals surface area contributed by atoms with Crippen molar-refractivity contribution in [1.29, 1.82) is 5.26 Å². The summed E-state index contributed by atoms with van der Waals surface area (Å²) < 4.78 is 5.11. The fourth-order valence-electron chi connectivity index (χ4n) is 1.63. The van der Waals surface area contributed by atoms with Crippen molar-refractivity contribution in [3.05, 3.63) is 28.8 Å². The molecule has 1 aromatic rings. The van der Waals surface area contributed by atoms with E-state index in [1.54, 1.807) is 7.11 Å². The van der Waals surface area contributed by atoms with Gasteiger partial charge < -0.3 is 4.74 Å². The quantitative estimate of drug-likeness (QED) is 0.822. The molecule has 0 heterocycles. The molecular weight excluding hydrogens is 248 g/mol. The molecule has 0 saturated carbocycles. The van der Waals surface area contributed by atoms with E-state index in [-0.39, 0.29) is 0 Å². The third kappa shape index (κ3) is 3.38. The van der Waals surface area contributed by atoms with Crippen molar-refractivity contribution >= 4 is 11.6 Å². The molecule has 3 nitrogen and oxygen atoms in total. The Morgan fingerprint density at radius 3 is 2.56 bits per heavy atom. The molecule has 4 heteroatoms. The normalized spacial score (nSPS) is 14.1. The number of benzene rings is 1. The van der Waals surface area contributed by atoms with Gasteiger partial charge in [0.1, 0.15) is 11.3 Å². The first-order valence-corrected chi connectivity index (χ1v) is 6.22. The number of methoxy groups -OCH3 is 1. The first kappa shape index (κ1) is 14.8. The zero-order chi connectivity index (χ0) is 13.8. The van der Waals surface area contributed by atoms with Gasteiger partial charge in [0.05, 0.1) is 18.2 Å². The number of aryl methyl sites for hydroxylation is 1. The minimum Gasteiger partial charge on any atom is -0.495 e. The summed E-state index contributed by atoms with van der Waals surface area (Å²) in [5.41, 5.74) is 0.663. The highest BCUT2D eigenvalue weighted by Crippen LogP contribution is 2.26. The highest BCUT2D eigenvalue weighted by atomic mass is 35.5. The zero-order valence-corrected chi connectivity index (χ0v) is 12.1. The second-order valence-corrected chi connectivity index (χ2v) is 5.16. The first-order chi connectivity index (χ1) is 8.42. The second-order valence-electron chi connectivity index (χ2n) is 4.75. The van der Waals surface area contributed by atoms with Crippen molar-refractivity contribution in [3.63, 3.8) is 0 Å². The lowest BCUT2D eigenvalue weighted by atomic mass is 9.93. The average molecular weight is 267 g/mol. The van der Waals surface area contributed by atoms with Crippen LogP contribution in [-0.4, -0.2) is 31.6 Å². The predicted octanol–water partition coefficient (Wildman–Crippen LogP) is 3.13. The predicted molar refractivity (Wildman–Crippen MR) is 74.0 cm³/mol. The highest BCUT2D eigenvalue weighted by molar-refractivity contribution is 6.32. The van der Waals surface area contributed by atoms with E-state index in [0.717, 1.165) is 18.4 Å². The molecule has 0 saturated heterocycles. The molecule has 0 radical (unpaired) electrons. The van der Waals surface area contributed by atoms with Crippen molar-refractivity contribution in [2.24, 2.45) is 0 Å². The number of rotatable bonds is 5. The van der Waals surface area contributed by atoms with Gasteiger partial charge in [-0.15, -0.1) is 0 Å². The molecule has 0 fully saturated rings. The third-order valence-electron chi connectivity index (χ3n) is 3.34. The van der Waals surface area contributed by atoms with Crippen molar-refractivity contribution in [2.75, 3.05) is 21.2 Å². The molecule has 0 amide bonds. The third-order valence-corrected chi connectivity index (χ3v) is 3.64. The van der Waals surface area contributed by atoms with E-state index in [2.05, 4.69) is 6.07 Å². The van der Waals surface area contributed by atoms with Crippen molar-refractivity contribution in [3.8, 4) is 11.8 Å². The molecule has 1 atom stereocenters. The van der Waals surface area contributed by atoms with E-state index < -0.39 is 5.54 Å². The van der Waals surface area contributed by atoms with Crippen LogP contribution in [-0.2, 0) is 6.42 Å². The number of ether oxygens (including phenoxy) is 1. The topological polar surface area (TPSA) is 36.3 Å². The molecule has 1 unspecified atom stereocenters. The smallest absolute Gasteiger partial charge is 0.137 e. The second kappa shape index (κ2) is 6.08.